The van der Waals surface area contributed by atoms with Gasteiger partial charge in [0.05, 0.1) is 26.1 Å². The van der Waals surface area contributed by atoms with Gasteiger partial charge in [-0.1, -0.05) is 12.1 Å². The van der Waals surface area contributed by atoms with Crippen molar-refractivity contribution < 1.29 is 24.2 Å². The normalized spacial score (nSPS) is 24.0. The molecule has 1 saturated heterocycles. The van der Waals surface area contributed by atoms with Gasteiger partial charge in [-0.2, -0.15) is 0 Å². The van der Waals surface area contributed by atoms with Gasteiger partial charge in [0.1, 0.15) is 5.75 Å². The first-order valence-corrected chi connectivity index (χ1v) is 7.32. The van der Waals surface area contributed by atoms with Crippen molar-refractivity contribution in [2.45, 2.75) is 25.3 Å². The Labute approximate surface area is 129 Å². The number of esters is 1. The quantitative estimate of drug-likeness (QED) is 0.773. The summed E-state index contributed by atoms with van der Waals surface area (Å²) in [7, 11) is 1.59. The van der Waals surface area contributed by atoms with Crippen molar-refractivity contribution in [1.29, 1.82) is 0 Å². The van der Waals surface area contributed by atoms with Crippen LogP contribution in [-0.2, 0) is 14.3 Å². The number of nitrogens with one attached hydrogen (secondary N) is 1. The first kappa shape index (κ1) is 16.3. The second-order valence-electron chi connectivity index (χ2n) is 5.27. The Bertz CT molecular complexity index is 528. The minimum absolute atomic E-state index is 0.101. The number of carbonyl (C=O) groups excluding carboxylic acids is 1. The lowest BCUT2D eigenvalue weighted by Gasteiger charge is -2.21. The third-order valence-corrected chi connectivity index (χ3v) is 3.96. The van der Waals surface area contributed by atoms with E-state index in [1.807, 2.05) is 24.3 Å². The minimum atomic E-state index is -0.929. The number of benzene rings is 1. The van der Waals surface area contributed by atoms with Crippen molar-refractivity contribution in [3.8, 4) is 5.75 Å². The Morgan fingerprint density at radius 3 is 2.55 bits per heavy atom. The van der Waals surface area contributed by atoms with E-state index in [4.69, 9.17) is 14.6 Å². The van der Waals surface area contributed by atoms with Crippen LogP contribution in [0.5, 0.6) is 5.75 Å². The van der Waals surface area contributed by atoms with E-state index in [2.05, 4.69) is 5.32 Å². The van der Waals surface area contributed by atoms with E-state index in [-0.39, 0.29) is 24.9 Å². The number of methoxy groups -OCH3 is 1. The second-order valence-corrected chi connectivity index (χ2v) is 5.27. The SMILES string of the molecule is CCOC(=O)[C@@H]1[C@@H](CC(=O)O)NC[C@H]1c1ccc(OC)cc1. The third-order valence-electron chi connectivity index (χ3n) is 3.96. The van der Waals surface area contributed by atoms with E-state index in [0.29, 0.717) is 6.54 Å². The van der Waals surface area contributed by atoms with Crippen LogP contribution in [0.1, 0.15) is 24.8 Å². The van der Waals surface area contributed by atoms with Crippen LogP contribution in [0.25, 0.3) is 0 Å². The van der Waals surface area contributed by atoms with Crippen LogP contribution in [0, 0.1) is 5.92 Å². The molecule has 0 saturated carbocycles. The number of carboxylic acid groups (broad SMARTS) is 1. The molecular formula is C16H21NO5. The van der Waals surface area contributed by atoms with Gasteiger partial charge in [0.15, 0.2) is 0 Å². The lowest BCUT2D eigenvalue weighted by molar-refractivity contribution is -0.149. The zero-order valence-electron chi connectivity index (χ0n) is 12.7. The van der Waals surface area contributed by atoms with Gasteiger partial charge in [0.2, 0.25) is 0 Å². The number of rotatable bonds is 6. The molecule has 3 atom stereocenters. The average Bonchev–Trinajstić information content (AvgIpc) is 2.90. The van der Waals surface area contributed by atoms with Gasteiger partial charge >= 0.3 is 11.9 Å². The van der Waals surface area contributed by atoms with Crippen molar-refractivity contribution in [2.75, 3.05) is 20.3 Å². The van der Waals surface area contributed by atoms with E-state index in [1.165, 1.54) is 0 Å². The molecule has 2 N–H and O–H groups in total. The summed E-state index contributed by atoms with van der Waals surface area (Å²) in [5.74, 6) is -1.13. The molecule has 1 aromatic rings. The largest absolute Gasteiger partial charge is 0.497 e. The Kier molecular flexibility index (Phi) is 5.38. The molecule has 0 aliphatic carbocycles. The van der Waals surface area contributed by atoms with Gasteiger partial charge in [-0.05, 0) is 24.6 Å². The molecule has 1 heterocycles. The summed E-state index contributed by atoms with van der Waals surface area (Å²) in [5.41, 5.74) is 0.972. The van der Waals surface area contributed by atoms with Gasteiger partial charge in [-0.25, -0.2) is 0 Å². The highest BCUT2D eigenvalue weighted by Gasteiger charge is 2.43. The van der Waals surface area contributed by atoms with Gasteiger partial charge < -0.3 is 19.9 Å². The Morgan fingerprint density at radius 1 is 1.32 bits per heavy atom. The van der Waals surface area contributed by atoms with Crippen LogP contribution in [0.4, 0.5) is 0 Å². The molecule has 1 aromatic carbocycles. The van der Waals surface area contributed by atoms with Gasteiger partial charge in [0, 0.05) is 18.5 Å². The van der Waals surface area contributed by atoms with Gasteiger partial charge in [0.25, 0.3) is 0 Å². The lowest BCUT2D eigenvalue weighted by atomic mass is 9.84. The summed E-state index contributed by atoms with van der Waals surface area (Å²) in [6.45, 7) is 2.58. The third kappa shape index (κ3) is 3.57. The highest BCUT2D eigenvalue weighted by Crippen LogP contribution is 2.35. The molecule has 0 amide bonds. The first-order valence-electron chi connectivity index (χ1n) is 7.32. The van der Waals surface area contributed by atoms with E-state index < -0.39 is 17.9 Å². The molecular weight excluding hydrogens is 286 g/mol. The molecule has 120 valence electrons. The fourth-order valence-corrected chi connectivity index (χ4v) is 2.94. The molecule has 1 aliphatic rings. The number of hydrogen-bond acceptors (Lipinski definition) is 5. The number of ether oxygens (including phenoxy) is 2. The van der Waals surface area contributed by atoms with Gasteiger partial charge in [-0.3, -0.25) is 9.59 Å². The summed E-state index contributed by atoms with van der Waals surface area (Å²) < 4.78 is 10.3. The highest BCUT2D eigenvalue weighted by atomic mass is 16.5. The Morgan fingerprint density at radius 2 is 2.00 bits per heavy atom. The zero-order valence-corrected chi connectivity index (χ0v) is 12.7. The number of hydrogen-bond donors (Lipinski definition) is 2. The Balaban J connectivity index is 2.23. The smallest absolute Gasteiger partial charge is 0.311 e. The molecule has 0 aromatic heterocycles. The molecule has 0 radical (unpaired) electrons. The number of carboxylic acids is 1. The zero-order chi connectivity index (χ0) is 16.1. The Hall–Kier alpha value is -2.08. The molecule has 6 heteroatoms. The summed E-state index contributed by atoms with van der Waals surface area (Å²) in [6, 6.07) is 7.06. The first-order chi connectivity index (χ1) is 10.6. The standard InChI is InChI=1S/C16H21NO5/c1-3-22-16(20)15-12(9-17-13(15)8-14(18)19)10-4-6-11(21-2)7-5-10/h4-7,12-13,15,17H,3,8-9H2,1-2H3,(H,18,19)/t12-,13+,15-/m0/s1. The minimum Gasteiger partial charge on any atom is -0.497 e. The fourth-order valence-electron chi connectivity index (χ4n) is 2.94. The van der Waals surface area contributed by atoms with E-state index in [9.17, 15) is 9.59 Å². The van der Waals surface area contributed by atoms with Crippen LogP contribution in [0.15, 0.2) is 24.3 Å². The molecule has 2 rings (SSSR count). The van der Waals surface area contributed by atoms with Crippen molar-refractivity contribution in [2.24, 2.45) is 5.92 Å². The topological polar surface area (TPSA) is 84.9 Å². The molecule has 0 bridgehead atoms. The van der Waals surface area contributed by atoms with Gasteiger partial charge in [-0.15, -0.1) is 0 Å². The van der Waals surface area contributed by atoms with E-state index in [1.54, 1.807) is 14.0 Å². The predicted molar refractivity (Wildman–Crippen MR) is 79.9 cm³/mol. The molecule has 0 spiro atoms. The summed E-state index contributed by atoms with van der Waals surface area (Å²) in [6.07, 6.45) is -0.101. The molecule has 0 unspecified atom stereocenters. The number of aliphatic carboxylic acids is 1. The number of carbonyl (C=O) groups is 2. The van der Waals surface area contributed by atoms with Crippen LogP contribution < -0.4 is 10.1 Å². The maximum absolute atomic E-state index is 12.3. The maximum Gasteiger partial charge on any atom is 0.311 e. The van der Waals surface area contributed by atoms with Crippen LogP contribution >= 0.6 is 0 Å². The van der Waals surface area contributed by atoms with Crippen molar-refractivity contribution in [3.05, 3.63) is 29.8 Å². The highest BCUT2D eigenvalue weighted by molar-refractivity contribution is 5.77. The second kappa shape index (κ2) is 7.26. The predicted octanol–water partition coefficient (Wildman–Crippen LogP) is 1.40. The van der Waals surface area contributed by atoms with Crippen LogP contribution in [0.3, 0.4) is 0 Å². The maximum atomic E-state index is 12.3. The molecule has 6 nitrogen and oxygen atoms in total. The van der Waals surface area contributed by atoms with Crippen molar-refractivity contribution in [1.82, 2.24) is 5.32 Å². The van der Waals surface area contributed by atoms with Crippen LogP contribution in [0.2, 0.25) is 0 Å². The van der Waals surface area contributed by atoms with Crippen molar-refractivity contribution >= 4 is 11.9 Å². The lowest BCUT2D eigenvalue weighted by Crippen LogP contribution is -2.35. The average molecular weight is 307 g/mol. The summed E-state index contributed by atoms with van der Waals surface area (Å²) in [5, 5.41) is 12.2. The fraction of sp³-hybridized carbons (Fsp3) is 0.500. The summed E-state index contributed by atoms with van der Waals surface area (Å²) >= 11 is 0. The monoisotopic (exact) mass is 307 g/mol. The van der Waals surface area contributed by atoms with E-state index in [0.717, 1.165) is 11.3 Å². The summed E-state index contributed by atoms with van der Waals surface area (Å²) in [4.78, 5) is 23.3. The van der Waals surface area contributed by atoms with Crippen LogP contribution in [-0.4, -0.2) is 43.3 Å². The van der Waals surface area contributed by atoms with Crippen molar-refractivity contribution in [3.63, 3.8) is 0 Å². The molecule has 22 heavy (non-hydrogen) atoms. The van der Waals surface area contributed by atoms with E-state index >= 15 is 0 Å². The molecule has 1 aliphatic heterocycles. The molecule has 1 fully saturated rings.